The predicted molar refractivity (Wildman–Crippen MR) is 93.5 cm³/mol. The van der Waals surface area contributed by atoms with Gasteiger partial charge in [-0.25, -0.2) is 0 Å². The Kier molecular flexibility index (Phi) is 7.24. The molecule has 0 atom stereocenters. The van der Waals surface area contributed by atoms with E-state index < -0.39 is 0 Å². The highest BCUT2D eigenvalue weighted by Crippen LogP contribution is 2.12. The minimum Gasteiger partial charge on any atom is -0.379 e. The molecule has 1 aliphatic rings. The predicted octanol–water partition coefficient (Wildman–Crippen LogP) is 1.27. The van der Waals surface area contributed by atoms with Crippen LogP contribution in [0.25, 0.3) is 6.08 Å². The Balaban J connectivity index is 1.94. The number of benzene rings is 1. The van der Waals surface area contributed by atoms with Crippen LogP contribution < -0.4 is 10.6 Å². The van der Waals surface area contributed by atoms with Crippen molar-refractivity contribution in [3.63, 3.8) is 0 Å². The van der Waals surface area contributed by atoms with Crippen molar-refractivity contribution in [3.8, 4) is 0 Å². The minimum absolute atomic E-state index is 0.215. The highest BCUT2D eigenvalue weighted by atomic mass is 35.5. The number of morpholine rings is 1. The van der Waals surface area contributed by atoms with Crippen LogP contribution in [0.1, 0.15) is 12.5 Å². The fourth-order valence-electron chi connectivity index (χ4n) is 2.32. The standard InChI is InChI=1S/C17H22ClN3O3/c1-13(22)20-16(12-14-2-4-15(18)5-3-14)17(23)19-6-7-21-8-10-24-11-9-21/h2-5,12H,6-11H2,1H3,(H,19,23)(H,20,22)/b16-12-. The number of nitrogens with one attached hydrogen (secondary N) is 2. The van der Waals surface area contributed by atoms with Gasteiger partial charge in [-0.1, -0.05) is 23.7 Å². The van der Waals surface area contributed by atoms with Gasteiger partial charge in [0.05, 0.1) is 13.2 Å². The Bertz CT molecular complexity index is 596. The van der Waals surface area contributed by atoms with Crippen molar-refractivity contribution in [1.29, 1.82) is 0 Å². The monoisotopic (exact) mass is 351 g/mol. The molecule has 24 heavy (non-hydrogen) atoms. The van der Waals surface area contributed by atoms with E-state index in [2.05, 4.69) is 15.5 Å². The second-order valence-corrected chi connectivity index (χ2v) is 5.94. The zero-order chi connectivity index (χ0) is 17.4. The summed E-state index contributed by atoms with van der Waals surface area (Å²) in [6.07, 6.45) is 1.63. The van der Waals surface area contributed by atoms with Crippen LogP contribution in [0.2, 0.25) is 5.02 Å². The van der Waals surface area contributed by atoms with Crippen LogP contribution in [-0.2, 0) is 14.3 Å². The lowest BCUT2D eigenvalue weighted by molar-refractivity contribution is -0.122. The lowest BCUT2D eigenvalue weighted by atomic mass is 10.2. The average Bonchev–Trinajstić information content (AvgIpc) is 2.57. The Labute approximate surface area is 146 Å². The van der Waals surface area contributed by atoms with E-state index in [9.17, 15) is 9.59 Å². The summed E-state index contributed by atoms with van der Waals surface area (Å²) in [7, 11) is 0. The molecule has 0 aromatic heterocycles. The summed E-state index contributed by atoms with van der Waals surface area (Å²) in [5.41, 5.74) is 0.998. The van der Waals surface area contributed by atoms with Gasteiger partial charge < -0.3 is 15.4 Å². The molecule has 1 aromatic carbocycles. The molecule has 0 unspecified atom stereocenters. The second kappa shape index (κ2) is 9.42. The Hall–Kier alpha value is -1.89. The normalized spacial score (nSPS) is 15.8. The van der Waals surface area contributed by atoms with Gasteiger partial charge in [0.2, 0.25) is 5.91 Å². The fourth-order valence-corrected chi connectivity index (χ4v) is 2.45. The van der Waals surface area contributed by atoms with Gasteiger partial charge in [-0.3, -0.25) is 14.5 Å². The lowest BCUT2D eigenvalue weighted by Gasteiger charge is -2.26. The molecule has 0 spiro atoms. The number of ether oxygens (including phenoxy) is 1. The van der Waals surface area contributed by atoms with Crippen molar-refractivity contribution in [3.05, 3.63) is 40.5 Å². The largest absolute Gasteiger partial charge is 0.379 e. The van der Waals surface area contributed by atoms with Crippen LogP contribution >= 0.6 is 11.6 Å². The molecule has 0 bridgehead atoms. The summed E-state index contributed by atoms with van der Waals surface area (Å²) >= 11 is 5.85. The van der Waals surface area contributed by atoms with Crippen molar-refractivity contribution < 1.29 is 14.3 Å². The fraction of sp³-hybridized carbons (Fsp3) is 0.412. The smallest absolute Gasteiger partial charge is 0.267 e. The van der Waals surface area contributed by atoms with Gasteiger partial charge >= 0.3 is 0 Å². The number of halogens is 1. The first-order chi connectivity index (χ1) is 11.5. The molecule has 0 radical (unpaired) electrons. The molecule has 6 nitrogen and oxygen atoms in total. The zero-order valence-corrected chi connectivity index (χ0v) is 14.4. The third-order valence-corrected chi connectivity index (χ3v) is 3.81. The zero-order valence-electron chi connectivity index (χ0n) is 13.7. The lowest BCUT2D eigenvalue weighted by Crippen LogP contribution is -2.42. The molecule has 2 rings (SSSR count). The first kappa shape index (κ1) is 18.4. The van der Waals surface area contributed by atoms with Crippen LogP contribution in [0.5, 0.6) is 0 Å². The van der Waals surface area contributed by atoms with E-state index in [0.29, 0.717) is 11.6 Å². The molecule has 130 valence electrons. The molecule has 1 heterocycles. The van der Waals surface area contributed by atoms with E-state index in [1.165, 1.54) is 6.92 Å². The summed E-state index contributed by atoms with van der Waals surface area (Å²) in [6, 6.07) is 7.03. The molecule has 1 saturated heterocycles. The van der Waals surface area contributed by atoms with Crippen LogP contribution in [0.4, 0.5) is 0 Å². The maximum atomic E-state index is 12.3. The average molecular weight is 352 g/mol. The number of nitrogens with zero attached hydrogens (tertiary/aromatic N) is 1. The molecule has 0 saturated carbocycles. The Morgan fingerprint density at radius 1 is 1.25 bits per heavy atom. The Morgan fingerprint density at radius 3 is 2.54 bits per heavy atom. The van der Waals surface area contributed by atoms with Gasteiger partial charge in [-0.05, 0) is 23.8 Å². The van der Waals surface area contributed by atoms with Crippen molar-refractivity contribution in [2.45, 2.75) is 6.92 Å². The van der Waals surface area contributed by atoms with Gasteiger partial charge in [-0.2, -0.15) is 0 Å². The number of carbonyl (C=O) groups is 2. The molecule has 7 heteroatoms. The van der Waals surface area contributed by atoms with Crippen LogP contribution in [-0.4, -0.2) is 56.1 Å². The van der Waals surface area contributed by atoms with Gasteiger partial charge in [0.25, 0.3) is 5.91 Å². The summed E-state index contributed by atoms with van der Waals surface area (Å²) in [5.74, 6) is -0.605. The van der Waals surface area contributed by atoms with Gasteiger partial charge in [0.15, 0.2) is 0 Å². The van der Waals surface area contributed by atoms with Gasteiger partial charge in [-0.15, -0.1) is 0 Å². The molecular weight excluding hydrogens is 330 g/mol. The maximum absolute atomic E-state index is 12.3. The van der Waals surface area contributed by atoms with Gasteiger partial charge in [0.1, 0.15) is 5.70 Å². The van der Waals surface area contributed by atoms with Crippen molar-refractivity contribution >= 4 is 29.5 Å². The van der Waals surface area contributed by atoms with E-state index in [-0.39, 0.29) is 17.5 Å². The molecule has 2 amide bonds. The Morgan fingerprint density at radius 2 is 1.92 bits per heavy atom. The van der Waals surface area contributed by atoms with E-state index in [4.69, 9.17) is 16.3 Å². The number of hydrogen-bond donors (Lipinski definition) is 2. The van der Waals surface area contributed by atoms with E-state index in [0.717, 1.165) is 38.4 Å². The molecule has 1 fully saturated rings. The highest BCUT2D eigenvalue weighted by molar-refractivity contribution is 6.30. The van der Waals surface area contributed by atoms with Crippen LogP contribution in [0, 0.1) is 0 Å². The number of carbonyl (C=O) groups excluding carboxylic acids is 2. The number of hydrogen-bond acceptors (Lipinski definition) is 4. The second-order valence-electron chi connectivity index (χ2n) is 5.50. The van der Waals surface area contributed by atoms with Crippen molar-refractivity contribution in [2.24, 2.45) is 0 Å². The number of rotatable bonds is 6. The molecular formula is C17H22ClN3O3. The molecule has 0 aliphatic carbocycles. The SMILES string of the molecule is CC(=O)N/C(=C\c1ccc(Cl)cc1)C(=O)NCCN1CCOCC1. The van der Waals surface area contributed by atoms with Crippen molar-refractivity contribution in [1.82, 2.24) is 15.5 Å². The van der Waals surface area contributed by atoms with E-state index in [1.807, 2.05) is 0 Å². The first-order valence-corrected chi connectivity index (χ1v) is 8.25. The summed E-state index contributed by atoms with van der Waals surface area (Å²) in [4.78, 5) is 25.9. The molecule has 2 N–H and O–H groups in total. The summed E-state index contributed by atoms with van der Waals surface area (Å²) in [5, 5.41) is 6.03. The van der Waals surface area contributed by atoms with Crippen LogP contribution in [0.15, 0.2) is 30.0 Å². The first-order valence-electron chi connectivity index (χ1n) is 7.88. The number of amides is 2. The van der Waals surface area contributed by atoms with E-state index >= 15 is 0 Å². The maximum Gasteiger partial charge on any atom is 0.267 e. The van der Waals surface area contributed by atoms with Crippen molar-refractivity contribution in [2.75, 3.05) is 39.4 Å². The summed E-state index contributed by atoms with van der Waals surface area (Å²) in [6.45, 7) is 5.82. The molecule has 1 aromatic rings. The summed E-state index contributed by atoms with van der Waals surface area (Å²) < 4.78 is 5.29. The minimum atomic E-state index is -0.312. The van der Waals surface area contributed by atoms with E-state index in [1.54, 1.807) is 30.3 Å². The third kappa shape index (κ3) is 6.31. The van der Waals surface area contributed by atoms with Crippen LogP contribution in [0.3, 0.4) is 0 Å². The third-order valence-electron chi connectivity index (χ3n) is 3.55. The molecule has 1 aliphatic heterocycles. The highest BCUT2D eigenvalue weighted by Gasteiger charge is 2.13. The quantitative estimate of drug-likeness (QED) is 0.757. The topological polar surface area (TPSA) is 70.7 Å². The van der Waals surface area contributed by atoms with Gasteiger partial charge in [0, 0.05) is 38.1 Å².